The van der Waals surface area contributed by atoms with E-state index in [2.05, 4.69) is 11.1 Å². The summed E-state index contributed by atoms with van der Waals surface area (Å²) in [5.74, 6) is 0. The third kappa shape index (κ3) is 23.5. The van der Waals surface area contributed by atoms with Gasteiger partial charge in [0.1, 0.15) is 0 Å². The first-order chi connectivity index (χ1) is 9.56. The van der Waals surface area contributed by atoms with Gasteiger partial charge in [0, 0.05) is 0 Å². The molecule has 0 aliphatic carbocycles. The summed E-state index contributed by atoms with van der Waals surface area (Å²) < 4.78 is 33.2. The molecule has 0 saturated carbocycles. The smallest absolute Gasteiger partial charge is 1.00 e. The number of hydrogen-bond donors (Lipinski definition) is 1. The first-order valence-electron chi connectivity index (χ1n) is 8.18. The van der Waals surface area contributed by atoms with Crippen molar-refractivity contribution >= 4 is 48.1 Å². The molecule has 4 nitrogen and oxygen atoms in total. The van der Waals surface area contributed by atoms with E-state index in [1.165, 1.54) is 64.2 Å². The van der Waals surface area contributed by atoms with Crippen molar-refractivity contribution in [1.29, 1.82) is 0 Å². The van der Waals surface area contributed by atoms with Crippen molar-refractivity contribution in [3.05, 3.63) is 0 Å². The van der Waals surface area contributed by atoms with Gasteiger partial charge in [0.2, 0.25) is 0 Å². The van der Waals surface area contributed by atoms with Crippen LogP contribution in [0.5, 0.6) is 0 Å². The maximum absolute atomic E-state index is 10.3. The zero-order chi connectivity index (χ0) is 15.1. The molecule has 0 unspecified atom stereocenters. The molecule has 0 spiro atoms. The predicted octanol–water partition coefficient (Wildman–Crippen LogP) is 4.74. The SMILES string of the molecule is CCCCCCCCCCCCCCCOS(=O)(=O)O.[Ca+2].[H-].[H-]. The van der Waals surface area contributed by atoms with Crippen molar-refractivity contribution in [3.63, 3.8) is 0 Å². The molecule has 1 N–H and O–H groups in total. The molecule has 0 aromatic heterocycles. The molecule has 0 aliphatic rings. The molecule has 0 radical (unpaired) electrons. The maximum Gasteiger partial charge on any atom is 2.00 e. The molecule has 126 valence electrons. The summed E-state index contributed by atoms with van der Waals surface area (Å²) in [6.07, 6.45) is 16.1. The van der Waals surface area contributed by atoms with Gasteiger partial charge in [-0.15, -0.1) is 0 Å². The molecule has 0 aliphatic heterocycles. The first kappa shape index (κ1) is 24.4. The summed E-state index contributed by atoms with van der Waals surface area (Å²) in [6, 6.07) is 0. The summed E-state index contributed by atoms with van der Waals surface area (Å²) in [5, 5.41) is 0. The van der Waals surface area contributed by atoms with E-state index in [4.69, 9.17) is 4.55 Å². The van der Waals surface area contributed by atoms with Gasteiger partial charge < -0.3 is 2.85 Å². The second-order valence-corrected chi connectivity index (χ2v) is 6.58. The Morgan fingerprint density at radius 3 is 1.43 bits per heavy atom. The molecule has 0 saturated heterocycles. The van der Waals surface area contributed by atoms with E-state index in [1.807, 2.05) is 0 Å². The molecule has 21 heavy (non-hydrogen) atoms. The topological polar surface area (TPSA) is 63.6 Å². The molecule has 0 aromatic carbocycles. The van der Waals surface area contributed by atoms with Crippen LogP contribution in [0.3, 0.4) is 0 Å². The van der Waals surface area contributed by atoms with Gasteiger partial charge in [-0.3, -0.25) is 4.55 Å². The van der Waals surface area contributed by atoms with Gasteiger partial charge in [0.05, 0.1) is 6.61 Å². The molecule has 0 bridgehead atoms. The Kier molecular flexibility index (Phi) is 20.3. The Hall–Kier alpha value is 1.13. The van der Waals surface area contributed by atoms with E-state index < -0.39 is 10.4 Å². The van der Waals surface area contributed by atoms with Gasteiger partial charge in [-0.1, -0.05) is 84.0 Å². The first-order valence-corrected chi connectivity index (χ1v) is 9.54. The van der Waals surface area contributed by atoms with Crippen molar-refractivity contribution in [2.75, 3.05) is 6.61 Å². The zero-order valence-electron chi connectivity index (χ0n) is 15.7. The second kappa shape index (κ2) is 17.5. The van der Waals surface area contributed by atoms with E-state index in [9.17, 15) is 8.42 Å². The Bertz CT molecular complexity index is 304. The largest absolute Gasteiger partial charge is 2.00 e. The van der Waals surface area contributed by atoms with Gasteiger partial charge in [0.15, 0.2) is 0 Å². The third-order valence-electron chi connectivity index (χ3n) is 3.48. The number of hydrogen-bond acceptors (Lipinski definition) is 3. The fourth-order valence-corrected chi connectivity index (χ4v) is 2.61. The fourth-order valence-electron chi connectivity index (χ4n) is 2.28. The molecule has 0 amide bonds. The summed E-state index contributed by atoms with van der Waals surface area (Å²) in [4.78, 5) is 0. The van der Waals surface area contributed by atoms with Crippen LogP contribution < -0.4 is 0 Å². The van der Waals surface area contributed by atoms with E-state index >= 15 is 0 Å². The monoisotopic (exact) mass is 350 g/mol. The minimum Gasteiger partial charge on any atom is -1.00 e. The Morgan fingerprint density at radius 1 is 0.762 bits per heavy atom. The summed E-state index contributed by atoms with van der Waals surface area (Å²) >= 11 is 0. The normalized spacial score (nSPS) is 11.3. The van der Waals surface area contributed by atoms with Crippen molar-refractivity contribution in [2.45, 2.75) is 90.4 Å². The number of rotatable bonds is 15. The van der Waals surface area contributed by atoms with Gasteiger partial charge in [-0.05, 0) is 6.42 Å². The Morgan fingerprint density at radius 2 is 1.10 bits per heavy atom. The van der Waals surface area contributed by atoms with Gasteiger partial charge >= 0.3 is 48.1 Å². The molecular formula is C15H34CaO4S. The van der Waals surface area contributed by atoms with Crippen LogP contribution in [-0.2, 0) is 14.6 Å². The van der Waals surface area contributed by atoms with Crippen molar-refractivity contribution < 1.29 is 20.0 Å². The van der Waals surface area contributed by atoms with Crippen LogP contribution in [0, 0.1) is 0 Å². The average molecular weight is 351 g/mol. The predicted molar refractivity (Wildman–Crippen MR) is 91.2 cm³/mol. The molecular weight excluding hydrogens is 316 g/mol. The quantitative estimate of drug-likeness (QED) is 0.263. The molecule has 0 rings (SSSR count). The van der Waals surface area contributed by atoms with E-state index in [0.29, 0.717) is 6.42 Å². The maximum atomic E-state index is 10.3. The number of unbranched alkanes of at least 4 members (excludes halogenated alkanes) is 12. The molecule has 0 atom stereocenters. The second-order valence-electron chi connectivity index (χ2n) is 5.49. The van der Waals surface area contributed by atoms with Crippen molar-refractivity contribution in [2.24, 2.45) is 0 Å². The van der Waals surface area contributed by atoms with E-state index in [0.717, 1.165) is 12.8 Å². The summed E-state index contributed by atoms with van der Waals surface area (Å²) in [7, 11) is -4.24. The van der Waals surface area contributed by atoms with E-state index in [1.54, 1.807) is 0 Å². The van der Waals surface area contributed by atoms with Crippen LogP contribution in [0.25, 0.3) is 0 Å². The summed E-state index contributed by atoms with van der Waals surface area (Å²) in [6.45, 7) is 2.34. The average Bonchev–Trinajstić information content (AvgIpc) is 2.38. The van der Waals surface area contributed by atoms with Crippen LogP contribution in [-0.4, -0.2) is 57.3 Å². The van der Waals surface area contributed by atoms with Gasteiger partial charge in [0.25, 0.3) is 0 Å². The Labute approximate surface area is 164 Å². The van der Waals surface area contributed by atoms with Crippen molar-refractivity contribution in [3.8, 4) is 0 Å². The van der Waals surface area contributed by atoms with Crippen LogP contribution >= 0.6 is 0 Å². The zero-order valence-corrected chi connectivity index (χ0v) is 16.7. The third-order valence-corrected chi connectivity index (χ3v) is 3.94. The molecule has 0 heterocycles. The minimum absolute atomic E-state index is 0. The van der Waals surface area contributed by atoms with Crippen LogP contribution in [0.4, 0.5) is 0 Å². The summed E-state index contributed by atoms with van der Waals surface area (Å²) in [5.41, 5.74) is 0. The molecule has 6 heteroatoms. The molecule has 0 fully saturated rings. The van der Waals surface area contributed by atoms with Gasteiger partial charge in [-0.2, -0.15) is 8.42 Å². The van der Waals surface area contributed by atoms with Crippen LogP contribution in [0.15, 0.2) is 0 Å². The fraction of sp³-hybridized carbons (Fsp3) is 1.00. The van der Waals surface area contributed by atoms with Crippen molar-refractivity contribution in [1.82, 2.24) is 0 Å². The van der Waals surface area contributed by atoms with Crippen LogP contribution in [0.2, 0.25) is 0 Å². The molecule has 0 aromatic rings. The minimum atomic E-state index is -4.24. The van der Waals surface area contributed by atoms with Gasteiger partial charge in [-0.25, -0.2) is 4.18 Å². The van der Waals surface area contributed by atoms with E-state index in [-0.39, 0.29) is 47.2 Å². The van der Waals surface area contributed by atoms with Crippen LogP contribution in [0.1, 0.15) is 93.2 Å². The standard InChI is InChI=1S/C15H32O4S.Ca.2H/c1-2-3-4-5-6-7-8-9-10-11-12-13-14-15-19-20(16,17)18;;;/h2-15H2,1H3,(H,16,17,18);;;/q;+2;2*-1. The Balaban J connectivity index is -0.000000602.